The van der Waals surface area contributed by atoms with E-state index in [1.807, 2.05) is 6.07 Å². The first kappa shape index (κ1) is 28.9. The first-order valence-electron chi connectivity index (χ1n) is 12.6. The summed E-state index contributed by atoms with van der Waals surface area (Å²) in [5, 5.41) is 0.815. The molecule has 0 aliphatic carbocycles. The molecular weight excluding hydrogens is 559 g/mol. The van der Waals surface area contributed by atoms with E-state index in [9.17, 15) is 9.59 Å². The van der Waals surface area contributed by atoms with Crippen LogP contribution in [0.5, 0.6) is 11.5 Å². The lowest BCUT2D eigenvalue weighted by Gasteiger charge is -2.25. The Balaban J connectivity index is 1.87. The third-order valence-electron chi connectivity index (χ3n) is 6.21. The van der Waals surface area contributed by atoms with Crippen LogP contribution >= 0.6 is 34.5 Å². The Labute approximate surface area is 241 Å². The molecular formula is C29H30Cl2N2O5S. The van der Waals surface area contributed by atoms with Crippen molar-refractivity contribution < 1.29 is 19.0 Å². The Morgan fingerprint density at radius 3 is 2.59 bits per heavy atom. The molecule has 0 radical (unpaired) electrons. The molecule has 4 rings (SSSR count). The van der Waals surface area contributed by atoms with Gasteiger partial charge in [-0.15, -0.1) is 0 Å². The Hall–Kier alpha value is -3.07. The van der Waals surface area contributed by atoms with Crippen LogP contribution in [0.1, 0.15) is 51.3 Å². The number of thiazole rings is 1. The molecule has 206 valence electrons. The van der Waals surface area contributed by atoms with Crippen LogP contribution in [0.4, 0.5) is 0 Å². The molecule has 2 heterocycles. The van der Waals surface area contributed by atoms with Crippen molar-refractivity contribution in [1.29, 1.82) is 0 Å². The number of benzene rings is 2. The van der Waals surface area contributed by atoms with Gasteiger partial charge >= 0.3 is 5.97 Å². The van der Waals surface area contributed by atoms with Gasteiger partial charge < -0.3 is 14.2 Å². The minimum Gasteiger partial charge on any atom is -0.493 e. The largest absolute Gasteiger partial charge is 0.493 e. The molecule has 3 aromatic rings. The minimum atomic E-state index is -0.769. The summed E-state index contributed by atoms with van der Waals surface area (Å²) in [6.07, 6.45) is 2.63. The van der Waals surface area contributed by atoms with Crippen molar-refractivity contribution in [2.24, 2.45) is 10.9 Å². The van der Waals surface area contributed by atoms with Gasteiger partial charge in [0, 0.05) is 0 Å². The molecule has 1 aromatic heterocycles. The van der Waals surface area contributed by atoms with Crippen molar-refractivity contribution in [1.82, 2.24) is 4.57 Å². The van der Waals surface area contributed by atoms with Crippen LogP contribution in [0.3, 0.4) is 0 Å². The Bertz CT molecular complexity index is 1610. The molecule has 1 unspecified atom stereocenters. The third kappa shape index (κ3) is 6.24. The van der Waals surface area contributed by atoms with E-state index in [4.69, 9.17) is 37.4 Å². The zero-order chi connectivity index (χ0) is 28.3. The molecule has 0 fully saturated rings. The number of esters is 1. The zero-order valence-corrected chi connectivity index (χ0v) is 24.7. The SMILES string of the molecule is CCOC(=O)C1=C(C)N=c2sc(=Cc3ccc(Cl)c(Cl)c3)c(=O)n2C1c1ccc(OCCC(C)C)c(OC)c1. The highest BCUT2D eigenvalue weighted by molar-refractivity contribution is 7.07. The number of rotatable bonds is 9. The third-order valence-corrected chi connectivity index (χ3v) is 7.94. The predicted molar refractivity (Wildman–Crippen MR) is 155 cm³/mol. The van der Waals surface area contributed by atoms with Crippen LogP contribution in [0, 0.1) is 5.92 Å². The smallest absolute Gasteiger partial charge is 0.338 e. The normalized spacial score (nSPS) is 15.3. The molecule has 0 spiro atoms. The van der Waals surface area contributed by atoms with E-state index in [0.717, 1.165) is 12.0 Å². The number of ether oxygens (including phenoxy) is 3. The maximum absolute atomic E-state index is 13.8. The molecule has 2 aromatic carbocycles. The van der Waals surface area contributed by atoms with Crippen molar-refractivity contribution in [2.45, 2.75) is 40.2 Å². The van der Waals surface area contributed by atoms with E-state index >= 15 is 0 Å². The molecule has 10 heteroatoms. The highest BCUT2D eigenvalue weighted by Gasteiger charge is 2.34. The Kier molecular flexibility index (Phi) is 9.20. The summed E-state index contributed by atoms with van der Waals surface area (Å²) in [7, 11) is 1.56. The molecule has 0 saturated heterocycles. The molecule has 1 aliphatic heterocycles. The van der Waals surface area contributed by atoms with Gasteiger partial charge in [0.05, 0.1) is 52.2 Å². The van der Waals surface area contributed by atoms with Crippen molar-refractivity contribution >= 4 is 46.6 Å². The molecule has 7 nitrogen and oxygen atoms in total. The summed E-state index contributed by atoms with van der Waals surface area (Å²) in [5.74, 6) is 1.07. The van der Waals surface area contributed by atoms with Crippen LogP contribution in [0.15, 0.2) is 57.5 Å². The number of carbonyl (C=O) groups excluding carboxylic acids is 1. The van der Waals surface area contributed by atoms with Gasteiger partial charge in [-0.3, -0.25) is 9.36 Å². The van der Waals surface area contributed by atoms with E-state index < -0.39 is 12.0 Å². The molecule has 0 bridgehead atoms. The standard InChI is InChI=1S/C29H30Cl2N2O5S/c1-6-37-28(35)25-17(4)32-29-33(27(34)24(39-29)14-18-7-9-20(30)21(31)13-18)26(25)19-8-10-22(23(15-19)36-5)38-12-11-16(2)3/h7-10,13-16,26H,6,11-12H2,1-5H3. The fourth-order valence-electron chi connectivity index (χ4n) is 4.24. The lowest BCUT2D eigenvalue weighted by molar-refractivity contribution is -0.139. The summed E-state index contributed by atoms with van der Waals surface area (Å²) in [6, 6.07) is 9.82. The number of fused-ring (bicyclic) bond motifs is 1. The highest BCUT2D eigenvalue weighted by atomic mass is 35.5. The van der Waals surface area contributed by atoms with Crippen LogP contribution in [-0.2, 0) is 9.53 Å². The molecule has 1 atom stereocenters. The monoisotopic (exact) mass is 588 g/mol. The number of methoxy groups -OCH3 is 1. The molecule has 0 saturated carbocycles. The summed E-state index contributed by atoms with van der Waals surface area (Å²) in [6.45, 7) is 8.48. The second-order valence-electron chi connectivity index (χ2n) is 9.42. The van der Waals surface area contributed by atoms with Gasteiger partial charge in [-0.25, -0.2) is 9.79 Å². The second-order valence-corrected chi connectivity index (χ2v) is 11.2. The molecule has 1 aliphatic rings. The summed E-state index contributed by atoms with van der Waals surface area (Å²) < 4.78 is 18.9. The number of allylic oxidation sites excluding steroid dienone is 1. The van der Waals surface area contributed by atoms with Crippen molar-refractivity contribution in [3.05, 3.63) is 88.5 Å². The van der Waals surface area contributed by atoms with E-state index in [2.05, 4.69) is 18.8 Å². The first-order chi connectivity index (χ1) is 18.6. The number of hydrogen-bond donors (Lipinski definition) is 0. The first-order valence-corrected chi connectivity index (χ1v) is 14.2. The quantitative estimate of drug-likeness (QED) is 0.307. The summed E-state index contributed by atoms with van der Waals surface area (Å²) in [5.41, 5.74) is 1.87. The second kappa shape index (κ2) is 12.4. The average Bonchev–Trinajstić information content (AvgIpc) is 3.19. The molecule has 0 N–H and O–H groups in total. The van der Waals surface area contributed by atoms with E-state index in [1.165, 1.54) is 15.9 Å². The average molecular weight is 590 g/mol. The van der Waals surface area contributed by atoms with Gasteiger partial charge in [0.1, 0.15) is 0 Å². The van der Waals surface area contributed by atoms with Crippen molar-refractivity contribution in [3.8, 4) is 11.5 Å². The van der Waals surface area contributed by atoms with Gasteiger partial charge in [-0.05, 0) is 67.7 Å². The zero-order valence-electron chi connectivity index (χ0n) is 22.4. The number of halogens is 2. The van der Waals surface area contributed by atoms with E-state index in [1.54, 1.807) is 57.4 Å². The van der Waals surface area contributed by atoms with Crippen LogP contribution in [0.2, 0.25) is 10.0 Å². The van der Waals surface area contributed by atoms with Gasteiger partial charge in [-0.2, -0.15) is 0 Å². The van der Waals surface area contributed by atoms with Crippen molar-refractivity contribution in [2.75, 3.05) is 20.3 Å². The van der Waals surface area contributed by atoms with Crippen LogP contribution in [-0.4, -0.2) is 30.9 Å². The predicted octanol–water partition coefficient (Wildman–Crippen LogP) is 5.54. The van der Waals surface area contributed by atoms with E-state index in [0.29, 0.717) is 60.2 Å². The van der Waals surface area contributed by atoms with Crippen LogP contribution < -0.4 is 24.4 Å². The lowest BCUT2D eigenvalue weighted by Crippen LogP contribution is -2.40. The topological polar surface area (TPSA) is 79.1 Å². The van der Waals surface area contributed by atoms with Gasteiger partial charge in [-0.1, -0.05) is 60.5 Å². The minimum absolute atomic E-state index is 0.191. The number of carbonyl (C=O) groups is 1. The van der Waals surface area contributed by atoms with Gasteiger partial charge in [0.2, 0.25) is 0 Å². The maximum atomic E-state index is 13.8. The van der Waals surface area contributed by atoms with Gasteiger partial charge in [0.25, 0.3) is 5.56 Å². The summed E-state index contributed by atoms with van der Waals surface area (Å²) in [4.78, 5) is 32.1. The Morgan fingerprint density at radius 2 is 1.92 bits per heavy atom. The number of nitrogens with zero attached hydrogens (tertiary/aromatic N) is 2. The number of hydrogen-bond acceptors (Lipinski definition) is 7. The molecule has 39 heavy (non-hydrogen) atoms. The summed E-state index contributed by atoms with van der Waals surface area (Å²) >= 11 is 13.5. The number of aromatic nitrogens is 1. The van der Waals surface area contributed by atoms with Crippen molar-refractivity contribution in [3.63, 3.8) is 0 Å². The van der Waals surface area contributed by atoms with Gasteiger partial charge in [0.15, 0.2) is 16.3 Å². The fraction of sp³-hybridized carbons (Fsp3) is 0.345. The lowest BCUT2D eigenvalue weighted by atomic mass is 9.95. The molecule has 0 amide bonds. The fourth-order valence-corrected chi connectivity index (χ4v) is 5.59. The maximum Gasteiger partial charge on any atom is 0.338 e. The Morgan fingerprint density at radius 1 is 1.15 bits per heavy atom. The van der Waals surface area contributed by atoms with E-state index in [-0.39, 0.29) is 12.2 Å². The highest BCUT2D eigenvalue weighted by Crippen LogP contribution is 2.36. The van der Waals surface area contributed by atoms with Crippen LogP contribution in [0.25, 0.3) is 6.08 Å².